The molecule has 6 rings (SSSR count). The summed E-state index contributed by atoms with van der Waals surface area (Å²) in [6.07, 6.45) is 0.663. The minimum Gasteiger partial charge on any atom is -0.457 e. The van der Waals surface area contributed by atoms with Crippen LogP contribution in [0.3, 0.4) is 0 Å². The number of hydrogen-bond donors (Lipinski definition) is 4. The minimum atomic E-state index is -0.177. The average Bonchev–Trinajstić information content (AvgIpc) is 3.23. The van der Waals surface area contributed by atoms with E-state index in [1.54, 1.807) is 12.1 Å². The number of nitrogens with two attached hydrogens (primary N) is 1. The molecule has 2 heterocycles. The zero-order valence-corrected chi connectivity index (χ0v) is 24.3. The second-order valence-electron chi connectivity index (χ2n) is 10.2. The monoisotopic (exact) mass is 638 g/mol. The third kappa shape index (κ3) is 7.20. The lowest BCUT2D eigenvalue weighted by molar-refractivity contribution is -0.109. The van der Waals surface area contributed by atoms with Gasteiger partial charge in [-0.3, -0.25) is 4.79 Å². The predicted molar refractivity (Wildman–Crippen MR) is 178 cm³/mol. The van der Waals surface area contributed by atoms with E-state index >= 15 is 0 Å². The molecule has 1 amide bonds. The van der Waals surface area contributed by atoms with E-state index in [0.717, 1.165) is 39.5 Å². The molecule has 4 aromatic carbocycles. The van der Waals surface area contributed by atoms with Gasteiger partial charge in [0, 0.05) is 62.5 Å². The molecular formula is C35H40Cl2N2O5. The SMILES string of the molecule is C.C.NC[C@H]1c2cc(Cl)ccc2Oc2ccccc2[C@@H]1CO.O=CNC[C@H]1c2cc(Cl)ccc2Oc2ccccc2[C@@H]1CO. The van der Waals surface area contributed by atoms with Gasteiger partial charge in [-0.2, -0.15) is 0 Å². The summed E-state index contributed by atoms with van der Waals surface area (Å²) in [6.45, 7) is 0.807. The Morgan fingerprint density at radius 3 is 1.55 bits per heavy atom. The fourth-order valence-corrected chi connectivity index (χ4v) is 6.20. The molecule has 0 radical (unpaired) electrons. The summed E-state index contributed by atoms with van der Waals surface area (Å²) < 4.78 is 12.0. The Labute approximate surface area is 269 Å². The van der Waals surface area contributed by atoms with Crippen LogP contribution in [0.2, 0.25) is 10.0 Å². The van der Waals surface area contributed by atoms with Crippen LogP contribution in [0.15, 0.2) is 84.9 Å². The number of ether oxygens (including phenoxy) is 2. The molecule has 2 aliphatic heterocycles. The van der Waals surface area contributed by atoms with Crippen LogP contribution in [0, 0.1) is 0 Å². The van der Waals surface area contributed by atoms with Crippen molar-refractivity contribution in [3.63, 3.8) is 0 Å². The fourth-order valence-electron chi connectivity index (χ4n) is 5.84. The number of halogens is 2. The molecule has 0 spiro atoms. The van der Waals surface area contributed by atoms with Gasteiger partial charge in [0.2, 0.25) is 6.41 Å². The van der Waals surface area contributed by atoms with Crippen molar-refractivity contribution in [1.82, 2.24) is 5.32 Å². The Morgan fingerprint density at radius 1 is 0.659 bits per heavy atom. The maximum atomic E-state index is 10.7. The van der Waals surface area contributed by atoms with Crippen LogP contribution in [0.4, 0.5) is 0 Å². The Bertz CT molecular complexity index is 1550. The summed E-state index contributed by atoms with van der Waals surface area (Å²) in [5, 5.41) is 23.7. The number of nitrogens with one attached hydrogen (secondary N) is 1. The molecule has 0 bridgehead atoms. The first-order chi connectivity index (χ1) is 20.5. The smallest absolute Gasteiger partial charge is 0.207 e. The summed E-state index contributed by atoms with van der Waals surface area (Å²) >= 11 is 12.2. The number of aliphatic hydroxyl groups is 2. The fraction of sp³-hybridized carbons (Fsp3) is 0.286. The molecule has 0 saturated carbocycles. The van der Waals surface area contributed by atoms with E-state index in [1.165, 1.54) is 0 Å². The van der Waals surface area contributed by atoms with E-state index in [-0.39, 0.29) is 51.7 Å². The molecule has 2 aliphatic rings. The molecule has 234 valence electrons. The minimum absolute atomic E-state index is 0. The molecule has 0 saturated heterocycles. The predicted octanol–water partition coefficient (Wildman–Crippen LogP) is 7.59. The van der Waals surface area contributed by atoms with Crippen molar-refractivity contribution >= 4 is 29.6 Å². The van der Waals surface area contributed by atoms with Gasteiger partial charge >= 0.3 is 0 Å². The van der Waals surface area contributed by atoms with E-state index in [9.17, 15) is 15.0 Å². The van der Waals surface area contributed by atoms with E-state index in [4.69, 9.17) is 38.4 Å². The number of carbonyl (C=O) groups excluding carboxylic acids is 1. The quantitative estimate of drug-likeness (QED) is 0.162. The molecule has 9 heteroatoms. The number of carbonyl (C=O) groups is 1. The van der Waals surface area contributed by atoms with Gasteiger partial charge in [0.25, 0.3) is 0 Å². The molecule has 0 fully saturated rings. The molecule has 0 unspecified atom stereocenters. The Kier molecular flexibility index (Phi) is 12.6. The van der Waals surface area contributed by atoms with Gasteiger partial charge < -0.3 is 30.7 Å². The van der Waals surface area contributed by atoms with Crippen LogP contribution in [-0.2, 0) is 4.79 Å². The lowest BCUT2D eigenvalue weighted by Gasteiger charge is -2.24. The van der Waals surface area contributed by atoms with Crippen molar-refractivity contribution in [3.8, 4) is 23.0 Å². The van der Waals surface area contributed by atoms with Crippen molar-refractivity contribution in [1.29, 1.82) is 0 Å². The van der Waals surface area contributed by atoms with Crippen LogP contribution in [0.25, 0.3) is 0 Å². The lowest BCUT2D eigenvalue weighted by atomic mass is 9.82. The van der Waals surface area contributed by atoms with Crippen molar-refractivity contribution in [2.24, 2.45) is 5.73 Å². The highest BCUT2D eigenvalue weighted by molar-refractivity contribution is 6.31. The molecule has 44 heavy (non-hydrogen) atoms. The number of amides is 1. The van der Waals surface area contributed by atoms with Crippen LogP contribution in [0.1, 0.15) is 60.8 Å². The number of rotatable bonds is 6. The average molecular weight is 640 g/mol. The second kappa shape index (κ2) is 15.9. The van der Waals surface area contributed by atoms with Gasteiger partial charge in [-0.25, -0.2) is 0 Å². The molecule has 5 N–H and O–H groups in total. The van der Waals surface area contributed by atoms with Crippen molar-refractivity contribution in [2.45, 2.75) is 38.5 Å². The molecule has 0 aliphatic carbocycles. The lowest BCUT2D eigenvalue weighted by Crippen LogP contribution is -2.26. The number of para-hydroxylation sites is 2. The van der Waals surface area contributed by atoms with Gasteiger partial charge in [0.1, 0.15) is 23.0 Å². The van der Waals surface area contributed by atoms with E-state index in [1.807, 2.05) is 72.8 Å². The van der Waals surface area contributed by atoms with Gasteiger partial charge in [0.15, 0.2) is 0 Å². The Balaban J connectivity index is 0.000000231. The molecular weight excluding hydrogens is 599 g/mol. The first-order valence-electron chi connectivity index (χ1n) is 13.7. The highest BCUT2D eigenvalue weighted by atomic mass is 35.5. The largest absolute Gasteiger partial charge is 0.457 e. The maximum absolute atomic E-state index is 10.7. The van der Waals surface area contributed by atoms with Crippen LogP contribution in [0.5, 0.6) is 23.0 Å². The molecule has 0 aromatic heterocycles. The number of hydrogen-bond acceptors (Lipinski definition) is 6. The first-order valence-corrected chi connectivity index (χ1v) is 14.5. The third-order valence-electron chi connectivity index (χ3n) is 7.86. The van der Waals surface area contributed by atoms with Gasteiger partial charge in [-0.1, -0.05) is 74.5 Å². The summed E-state index contributed by atoms with van der Waals surface area (Å²) in [5.41, 5.74) is 9.70. The van der Waals surface area contributed by atoms with Gasteiger partial charge in [0.05, 0.1) is 13.2 Å². The highest BCUT2D eigenvalue weighted by Gasteiger charge is 2.33. The van der Waals surface area contributed by atoms with Crippen LogP contribution >= 0.6 is 23.2 Å². The van der Waals surface area contributed by atoms with Crippen LogP contribution < -0.4 is 20.5 Å². The summed E-state index contributed by atoms with van der Waals surface area (Å²) in [7, 11) is 0. The molecule has 4 aromatic rings. The Hall–Kier alpha value is -3.59. The van der Waals surface area contributed by atoms with Crippen molar-refractivity contribution in [2.75, 3.05) is 26.3 Å². The highest BCUT2D eigenvalue weighted by Crippen LogP contribution is 2.47. The van der Waals surface area contributed by atoms with Crippen molar-refractivity contribution < 1.29 is 24.5 Å². The van der Waals surface area contributed by atoms with Gasteiger partial charge in [-0.05, 0) is 55.1 Å². The first kappa shape index (κ1) is 34.9. The third-order valence-corrected chi connectivity index (χ3v) is 8.33. The van der Waals surface area contributed by atoms with Crippen molar-refractivity contribution in [3.05, 3.63) is 117 Å². The summed E-state index contributed by atoms with van der Waals surface area (Å²) in [5.74, 6) is 2.55. The van der Waals surface area contributed by atoms with Gasteiger partial charge in [-0.15, -0.1) is 0 Å². The van der Waals surface area contributed by atoms with E-state index in [2.05, 4.69) is 5.32 Å². The Morgan fingerprint density at radius 2 is 1.09 bits per heavy atom. The number of fused-ring (bicyclic) bond motifs is 4. The molecule has 4 atom stereocenters. The number of aliphatic hydroxyl groups excluding tert-OH is 2. The molecule has 7 nitrogen and oxygen atoms in total. The topological polar surface area (TPSA) is 114 Å². The summed E-state index contributed by atoms with van der Waals surface area (Å²) in [4.78, 5) is 10.7. The van der Waals surface area contributed by atoms with E-state index < -0.39 is 0 Å². The number of benzene rings is 4. The normalized spacial score (nSPS) is 19.0. The maximum Gasteiger partial charge on any atom is 0.207 e. The second-order valence-corrected chi connectivity index (χ2v) is 11.1. The summed E-state index contributed by atoms with van der Waals surface area (Å²) in [6, 6.07) is 26.4. The van der Waals surface area contributed by atoms with E-state index in [0.29, 0.717) is 35.3 Å². The zero-order valence-electron chi connectivity index (χ0n) is 22.8. The zero-order chi connectivity index (χ0) is 29.6. The standard InChI is InChI=1S/C17H16ClNO3.C16H16ClNO2.2CH4/c18-11-5-6-17-13(7-11)14(8-19-10-21)15(9-20)12-3-1-2-4-16(12)22-17;17-10-5-6-16-12(7-10)13(8-18)14(9-19)11-3-1-2-4-15(11)20-16;;/h1-7,10,14-15,20H,8-9H2,(H,19,21);1-7,13-14,19H,8-9,18H2;2*1H4/t14-,15-;13-,14-;;/m00../s1. The van der Waals surface area contributed by atoms with Crippen LogP contribution in [-0.4, -0.2) is 42.9 Å².